The number of morpholine rings is 1. The highest BCUT2D eigenvalue weighted by Gasteiger charge is 2.19. The Morgan fingerprint density at radius 2 is 1.82 bits per heavy atom. The van der Waals surface area contributed by atoms with Gasteiger partial charge in [-0.2, -0.15) is 0 Å². The molecule has 9 heteroatoms. The van der Waals surface area contributed by atoms with Crippen LogP contribution in [0.3, 0.4) is 0 Å². The molecule has 4 rings (SSSR count). The van der Waals surface area contributed by atoms with Crippen molar-refractivity contribution in [3.63, 3.8) is 0 Å². The molecular weight excluding hydrogens is 378 g/mol. The largest absolute Gasteiger partial charge is 0.378 e. The summed E-state index contributed by atoms with van der Waals surface area (Å²) in [6.45, 7) is 2.88. The summed E-state index contributed by atoms with van der Waals surface area (Å²) in [5.41, 5.74) is 2.42. The van der Waals surface area contributed by atoms with Crippen LogP contribution in [0.1, 0.15) is 0 Å². The van der Waals surface area contributed by atoms with Gasteiger partial charge in [-0.05, 0) is 23.8 Å². The molecule has 146 valence electrons. The summed E-state index contributed by atoms with van der Waals surface area (Å²) in [5, 5.41) is 0.919. The lowest BCUT2D eigenvalue weighted by molar-refractivity contribution is 0.122. The zero-order valence-electron chi connectivity index (χ0n) is 15.7. The van der Waals surface area contributed by atoms with Crippen molar-refractivity contribution in [2.24, 2.45) is 0 Å². The second-order valence-electron chi connectivity index (χ2n) is 6.73. The van der Waals surface area contributed by atoms with Crippen LogP contribution < -0.4 is 4.90 Å². The van der Waals surface area contributed by atoms with Gasteiger partial charge in [0.1, 0.15) is 17.0 Å². The number of sulfonamides is 1. The first-order valence-corrected chi connectivity index (χ1v) is 10.4. The van der Waals surface area contributed by atoms with Gasteiger partial charge in [0.05, 0.1) is 18.7 Å². The molecule has 0 N–H and O–H groups in total. The van der Waals surface area contributed by atoms with E-state index >= 15 is 0 Å². The summed E-state index contributed by atoms with van der Waals surface area (Å²) in [5.74, 6) is 0.861. The fourth-order valence-electron chi connectivity index (χ4n) is 3.18. The van der Waals surface area contributed by atoms with Crippen LogP contribution in [0, 0.1) is 0 Å². The molecule has 2 aromatic heterocycles. The van der Waals surface area contributed by atoms with Crippen LogP contribution in [0.15, 0.2) is 47.9 Å². The molecule has 0 saturated carbocycles. The minimum absolute atomic E-state index is 0.160. The molecule has 0 aliphatic carbocycles. The summed E-state index contributed by atoms with van der Waals surface area (Å²) in [6.07, 6.45) is 4.59. The van der Waals surface area contributed by atoms with Crippen LogP contribution in [-0.2, 0) is 14.8 Å². The predicted molar refractivity (Wildman–Crippen MR) is 107 cm³/mol. The number of nitrogens with zero attached hydrogens (tertiary/aromatic N) is 5. The van der Waals surface area contributed by atoms with Crippen molar-refractivity contribution in [1.82, 2.24) is 19.3 Å². The second-order valence-corrected chi connectivity index (χ2v) is 8.88. The Balaban J connectivity index is 1.80. The quantitative estimate of drug-likeness (QED) is 0.661. The zero-order chi connectivity index (χ0) is 19.7. The van der Waals surface area contributed by atoms with Crippen molar-refractivity contribution in [3.05, 3.63) is 43.0 Å². The summed E-state index contributed by atoms with van der Waals surface area (Å²) < 4.78 is 31.5. The number of rotatable bonds is 4. The van der Waals surface area contributed by atoms with E-state index in [9.17, 15) is 8.42 Å². The summed E-state index contributed by atoms with van der Waals surface area (Å²) in [4.78, 5) is 15.3. The molecule has 0 atom stereocenters. The molecule has 8 nitrogen and oxygen atoms in total. The minimum Gasteiger partial charge on any atom is -0.378 e. The summed E-state index contributed by atoms with van der Waals surface area (Å²) in [6, 6.07) is 7.47. The SMILES string of the molecule is CN(C)S(=O)(=O)c1cncc(-c2ccc3ncnc(N4CCOCC4)c3c2)c1. The van der Waals surface area contributed by atoms with Gasteiger partial charge in [0, 0.05) is 50.5 Å². The fraction of sp³-hybridized carbons (Fsp3) is 0.316. The van der Waals surface area contributed by atoms with Crippen molar-refractivity contribution in [2.45, 2.75) is 4.90 Å². The standard InChI is InChI=1S/C19H21N5O3S/c1-23(2)28(25,26)16-9-15(11-20-12-16)14-3-4-18-17(10-14)19(22-13-21-18)24-5-7-27-8-6-24/h3-4,9-13H,5-8H2,1-2H3. The molecule has 1 aliphatic rings. The highest BCUT2D eigenvalue weighted by Crippen LogP contribution is 2.30. The van der Waals surface area contributed by atoms with Crippen molar-refractivity contribution in [1.29, 1.82) is 0 Å². The number of hydrogen-bond acceptors (Lipinski definition) is 7. The first kappa shape index (κ1) is 18.7. The average Bonchev–Trinajstić information content (AvgIpc) is 2.73. The number of aromatic nitrogens is 3. The van der Waals surface area contributed by atoms with Gasteiger partial charge in [-0.1, -0.05) is 6.07 Å². The first-order valence-electron chi connectivity index (χ1n) is 8.92. The summed E-state index contributed by atoms with van der Waals surface area (Å²) >= 11 is 0. The Labute approximate surface area is 163 Å². The average molecular weight is 399 g/mol. The number of pyridine rings is 1. The van der Waals surface area contributed by atoms with E-state index in [1.165, 1.54) is 24.6 Å². The van der Waals surface area contributed by atoms with Gasteiger partial charge in [-0.15, -0.1) is 0 Å². The van der Waals surface area contributed by atoms with E-state index in [0.717, 1.165) is 40.9 Å². The van der Waals surface area contributed by atoms with E-state index in [1.54, 1.807) is 18.6 Å². The molecule has 0 bridgehead atoms. The van der Waals surface area contributed by atoms with E-state index in [2.05, 4.69) is 19.9 Å². The molecule has 0 unspecified atom stereocenters. The molecule has 1 saturated heterocycles. The van der Waals surface area contributed by atoms with Gasteiger partial charge in [0.2, 0.25) is 10.0 Å². The van der Waals surface area contributed by atoms with Gasteiger partial charge in [0.15, 0.2) is 0 Å². The maximum Gasteiger partial charge on any atom is 0.244 e. The van der Waals surface area contributed by atoms with Crippen molar-refractivity contribution >= 4 is 26.7 Å². The van der Waals surface area contributed by atoms with Crippen LogP contribution in [0.25, 0.3) is 22.0 Å². The van der Waals surface area contributed by atoms with Crippen molar-refractivity contribution < 1.29 is 13.2 Å². The van der Waals surface area contributed by atoms with Crippen molar-refractivity contribution in [3.8, 4) is 11.1 Å². The Morgan fingerprint density at radius 3 is 2.57 bits per heavy atom. The highest BCUT2D eigenvalue weighted by atomic mass is 32.2. The molecule has 1 aromatic carbocycles. The first-order chi connectivity index (χ1) is 13.5. The van der Waals surface area contributed by atoms with Gasteiger partial charge in [-0.3, -0.25) is 4.98 Å². The van der Waals surface area contributed by atoms with Gasteiger partial charge >= 0.3 is 0 Å². The van der Waals surface area contributed by atoms with Crippen molar-refractivity contribution in [2.75, 3.05) is 45.3 Å². The van der Waals surface area contributed by atoms with Crippen LogP contribution in [-0.4, -0.2) is 68.1 Å². The molecular formula is C19H21N5O3S. The third kappa shape index (κ3) is 3.44. The van der Waals surface area contributed by atoms with Crippen LogP contribution in [0.2, 0.25) is 0 Å². The number of hydrogen-bond donors (Lipinski definition) is 0. The third-order valence-electron chi connectivity index (χ3n) is 4.75. The molecule has 28 heavy (non-hydrogen) atoms. The zero-order valence-corrected chi connectivity index (χ0v) is 16.6. The Morgan fingerprint density at radius 1 is 1.04 bits per heavy atom. The monoisotopic (exact) mass is 399 g/mol. The minimum atomic E-state index is -3.55. The molecule has 3 heterocycles. The van der Waals surface area contributed by atoms with E-state index in [4.69, 9.17) is 4.74 Å². The molecule has 1 fully saturated rings. The number of benzene rings is 1. The Hall–Kier alpha value is -2.62. The Bertz CT molecular complexity index is 1110. The van der Waals surface area contributed by atoms with E-state index in [-0.39, 0.29) is 4.90 Å². The molecule has 0 amide bonds. The smallest absolute Gasteiger partial charge is 0.244 e. The van der Waals surface area contributed by atoms with E-state index in [1.807, 2.05) is 18.2 Å². The highest BCUT2D eigenvalue weighted by molar-refractivity contribution is 7.89. The van der Waals surface area contributed by atoms with Crippen LogP contribution >= 0.6 is 0 Å². The predicted octanol–water partition coefficient (Wildman–Crippen LogP) is 1.78. The summed E-state index contributed by atoms with van der Waals surface area (Å²) in [7, 11) is -0.543. The lowest BCUT2D eigenvalue weighted by Crippen LogP contribution is -2.36. The topological polar surface area (TPSA) is 88.5 Å². The van der Waals surface area contributed by atoms with Crippen LogP contribution in [0.4, 0.5) is 5.82 Å². The molecule has 3 aromatic rings. The van der Waals surface area contributed by atoms with E-state index in [0.29, 0.717) is 13.2 Å². The van der Waals surface area contributed by atoms with Gasteiger partial charge in [0.25, 0.3) is 0 Å². The number of anilines is 1. The number of fused-ring (bicyclic) bond motifs is 1. The molecule has 1 aliphatic heterocycles. The van der Waals surface area contributed by atoms with Gasteiger partial charge < -0.3 is 9.64 Å². The normalized spacial score (nSPS) is 15.3. The maximum absolute atomic E-state index is 12.4. The van der Waals surface area contributed by atoms with Crippen LogP contribution in [0.5, 0.6) is 0 Å². The Kier molecular flexibility index (Phi) is 4.96. The molecule has 0 radical (unpaired) electrons. The fourth-order valence-corrected chi connectivity index (χ4v) is 4.07. The van der Waals surface area contributed by atoms with Gasteiger partial charge in [-0.25, -0.2) is 22.7 Å². The van der Waals surface area contributed by atoms with E-state index < -0.39 is 10.0 Å². The number of ether oxygens (including phenoxy) is 1. The second kappa shape index (κ2) is 7.42. The maximum atomic E-state index is 12.4. The molecule has 0 spiro atoms. The third-order valence-corrected chi connectivity index (χ3v) is 6.53. The lowest BCUT2D eigenvalue weighted by atomic mass is 10.0. The lowest BCUT2D eigenvalue weighted by Gasteiger charge is -2.28.